The first-order valence-electron chi connectivity index (χ1n) is 7.30. The van der Waals surface area contributed by atoms with Crippen molar-refractivity contribution >= 4 is 12.0 Å². The summed E-state index contributed by atoms with van der Waals surface area (Å²) in [5.41, 5.74) is 1.80. The van der Waals surface area contributed by atoms with E-state index in [0.717, 1.165) is 34.8 Å². The molecule has 0 aliphatic heterocycles. The molecule has 0 heterocycles. The third-order valence-electron chi connectivity index (χ3n) is 4.05. The Labute approximate surface area is 125 Å². The standard InChI is InChI=1S/C11H12O3.C7H10/c1-8-7-10(14-2)5-3-9(8)4-6-11(12)13;1-2-7-4-3-6(1)5-7/h3-7H,1-2H3,(H,12,13);1-2,6-7H,3-5H2/p-1. The zero-order valence-corrected chi connectivity index (χ0v) is 12.5. The molecule has 0 saturated heterocycles. The predicted octanol–water partition coefficient (Wildman–Crippen LogP) is 2.74. The molecule has 112 valence electrons. The number of carboxylic acid groups (broad SMARTS) is 1. The third kappa shape index (κ3) is 4.48. The average molecular weight is 285 g/mol. The van der Waals surface area contributed by atoms with Crippen LogP contribution in [0.5, 0.6) is 5.75 Å². The van der Waals surface area contributed by atoms with E-state index in [1.807, 2.05) is 13.0 Å². The molecule has 2 unspecified atom stereocenters. The molecule has 3 nitrogen and oxygen atoms in total. The zero-order valence-electron chi connectivity index (χ0n) is 12.5. The van der Waals surface area contributed by atoms with Crippen LogP contribution < -0.4 is 9.84 Å². The summed E-state index contributed by atoms with van der Waals surface area (Å²) < 4.78 is 5.02. The van der Waals surface area contributed by atoms with E-state index in [2.05, 4.69) is 12.2 Å². The highest BCUT2D eigenvalue weighted by molar-refractivity contribution is 5.83. The molecule has 0 radical (unpaired) electrons. The van der Waals surface area contributed by atoms with Crippen molar-refractivity contribution in [3.05, 3.63) is 47.6 Å². The van der Waals surface area contributed by atoms with Crippen molar-refractivity contribution in [2.75, 3.05) is 7.11 Å². The van der Waals surface area contributed by atoms with E-state index in [0.29, 0.717) is 0 Å². The number of carboxylic acids is 1. The van der Waals surface area contributed by atoms with Crippen molar-refractivity contribution in [1.82, 2.24) is 0 Å². The van der Waals surface area contributed by atoms with Crippen molar-refractivity contribution in [2.45, 2.75) is 26.2 Å². The Morgan fingerprint density at radius 1 is 1.29 bits per heavy atom. The van der Waals surface area contributed by atoms with Crippen molar-refractivity contribution in [3.8, 4) is 5.75 Å². The topological polar surface area (TPSA) is 49.4 Å². The largest absolute Gasteiger partial charge is 0.545 e. The highest BCUT2D eigenvalue weighted by atomic mass is 16.5. The first-order valence-corrected chi connectivity index (χ1v) is 7.30. The van der Waals surface area contributed by atoms with Crippen LogP contribution in [0.3, 0.4) is 0 Å². The predicted molar refractivity (Wildman–Crippen MR) is 81.7 cm³/mol. The first-order chi connectivity index (χ1) is 10.1. The molecule has 1 fully saturated rings. The van der Waals surface area contributed by atoms with Gasteiger partial charge in [0.15, 0.2) is 0 Å². The fraction of sp³-hybridized carbons (Fsp3) is 0.389. The SMILES string of the molecule is C1=CC2CCC1C2.COc1ccc(C=CC(=O)[O-])c(C)c1. The molecule has 21 heavy (non-hydrogen) atoms. The maximum atomic E-state index is 10.2. The lowest BCUT2D eigenvalue weighted by atomic mass is 10.1. The second-order valence-electron chi connectivity index (χ2n) is 5.59. The molecular weight excluding hydrogens is 264 g/mol. The number of aliphatic carboxylic acids is 1. The van der Waals surface area contributed by atoms with Gasteiger partial charge in [0.1, 0.15) is 5.75 Å². The van der Waals surface area contributed by atoms with E-state index >= 15 is 0 Å². The van der Waals surface area contributed by atoms with E-state index in [1.54, 1.807) is 19.2 Å². The molecule has 3 rings (SSSR count). The normalized spacial score (nSPS) is 22.2. The summed E-state index contributed by atoms with van der Waals surface area (Å²) in [4.78, 5) is 10.2. The van der Waals surface area contributed by atoms with E-state index < -0.39 is 5.97 Å². The summed E-state index contributed by atoms with van der Waals surface area (Å²) in [7, 11) is 1.59. The van der Waals surface area contributed by atoms with Gasteiger partial charge in [-0.05, 0) is 67.4 Å². The Bertz CT molecular complexity index is 546. The third-order valence-corrected chi connectivity index (χ3v) is 4.05. The molecule has 0 amide bonds. The number of aryl methyl sites for hydroxylation is 1. The Hall–Kier alpha value is -2.03. The van der Waals surface area contributed by atoms with Crippen LogP contribution in [-0.2, 0) is 4.79 Å². The van der Waals surface area contributed by atoms with E-state index in [4.69, 9.17) is 4.74 Å². The van der Waals surface area contributed by atoms with Crippen LogP contribution in [0.2, 0.25) is 0 Å². The number of methoxy groups -OCH3 is 1. The number of hydrogen-bond acceptors (Lipinski definition) is 3. The van der Waals surface area contributed by atoms with Gasteiger partial charge in [-0.25, -0.2) is 0 Å². The Morgan fingerprint density at radius 3 is 2.33 bits per heavy atom. The number of ether oxygens (including phenoxy) is 1. The summed E-state index contributed by atoms with van der Waals surface area (Å²) in [6.07, 6.45) is 11.7. The molecule has 0 spiro atoms. The molecule has 0 aromatic heterocycles. The van der Waals surface area contributed by atoms with Gasteiger partial charge in [-0.2, -0.15) is 0 Å². The summed E-state index contributed by atoms with van der Waals surface area (Å²) in [6.45, 7) is 1.89. The quantitative estimate of drug-likeness (QED) is 0.634. The molecule has 0 N–H and O–H groups in total. The summed E-state index contributed by atoms with van der Waals surface area (Å²) in [6, 6.07) is 5.42. The monoisotopic (exact) mass is 285 g/mol. The summed E-state index contributed by atoms with van der Waals surface area (Å²) in [5.74, 6) is 1.54. The molecule has 1 saturated carbocycles. The lowest BCUT2D eigenvalue weighted by Gasteiger charge is -2.04. The fourth-order valence-electron chi connectivity index (χ4n) is 2.84. The number of fused-ring (bicyclic) bond motifs is 2. The van der Waals surface area contributed by atoms with Crippen LogP contribution in [0.25, 0.3) is 6.08 Å². The van der Waals surface area contributed by atoms with Crippen molar-refractivity contribution in [1.29, 1.82) is 0 Å². The molecule has 3 heteroatoms. The van der Waals surface area contributed by atoms with E-state index in [-0.39, 0.29) is 0 Å². The van der Waals surface area contributed by atoms with E-state index in [1.165, 1.54) is 25.3 Å². The summed E-state index contributed by atoms with van der Waals surface area (Å²) >= 11 is 0. The van der Waals surface area contributed by atoms with Crippen molar-refractivity contribution in [2.24, 2.45) is 11.8 Å². The van der Waals surface area contributed by atoms with Crippen LogP contribution in [0.15, 0.2) is 36.4 Å². The fourth-order valence-corrected chi connectivity index (χ4v) is 2.84. The molecule has 2 aliphatic rings. The smallest absolute Gasteiger partial charge is 0.119 e. The molecule has 1 aromatic carbocycles. The Morgan fingerprint density at radius 2 is 1.95 bits per heavy atom. The second-order valence-corrected chi connectivity index (χ2v) is 5.59. The number of hydrogen-bond donors (Lipinski definition) is 0. The van der Waals surface area contributed by atoms with Gasteiger partial charge in [0.2, 0.25) is 0 Å². The average Bonchev–Trinajstić information content (AvgIpc) is 3.11. The van der Waals surface area contributed by atoms with Gasteiger partial charge < -0.3 is 14.6 Å². The number of allylic oxidation sites excluding steroid dienone is 2. The van der Waals surface area contributed by atoms with Gasteiger partial charge >= 0.3 is 0 Å². The first kappa shape index (κ1) is 15.4. The number of carbonyl (C=O) groups is 1. The Kier molecular flexibility index (Phi) is 5.20. The van der Waals surface area contributed by atoms with E-state index in [9.17, 15) is 9.90 Å². The maximum absolute atomic E-state index is 10.2. The van der Waals surface area contributed by atoms with Gasteiger partial charge in [0, 0.05) is 0 Å². The van der Waals surface area contributed by atoms with Crippen LogP contribution in [0, 0.1) is 18.8 Å². The van der Waals surface area contributed by atoms with Crippen molar-refractivity contribution < 1.29 is 14.6 Å². The number of carbonyl (C=O) groups excluding carboxylic acids is 1. The molecule has 2 aliphatic carbocycles. The van der Waals surface area contributed by atoms with Crippen LogP contribution in [-0.4, -0.2) is 13.1 Å². The molecule has 2 atom stereocenters. The molecule has 2 bridgehead atoms. The highest BCUT2D eigenvalue weighted by Gasteiger charge is 2.25. The van der Waals surface area contributed by atoms with Crippen LogP contribution in [0.1, 0.15) is 30.4 Å². The van der Waals surface area contributed by atoms with Crippen LogP contribution >= 0.6 is 0 Å². The second kappa shape index (κ2) is 7.11. The van der Waals surface area contributed by atoms with Crippen molar-refractivity contribution in [3.63, 3.8) is 0 Å². The maximum Gasteiger partial charge on any atom is 0.119 e. The number of rotatable bonds is 3. The van der Waals surface area contributed by atoms with Gasteiger partial charge in [-0.1, -0.05) is 24.3 Å². The molecule has 1 aromatic rings. The Balaban J connectivity index is 0.000000189. The minimum atomic E-state index is -1.19. The minimum Gasteiger partial charge on any atom is -0.545 e. The zero-order chi connectivity index (χ0) is 15.2. The van der Waals surface area contributed by atoms with Gasteiger partial charge in [0.05, 0.1) is 13.1 Å². The van der Waals surface area contributed by atoms with Crippen LogP contribution in [0.4, 0.5) is 0 Å². The number of benzene rings is 1. The lowest BCUT2D eigenvalue weighted by Crippen LogP contribution is -2.18. The van der Waals surface area contributed by atoms with Gasteiger partial charge in [0.25, 0.3) is 0 Å². The molecular formula is C18H21O3-. The minimum absolute atomic E-state index is 0.758. The lowest BCUT2D eigenvalue weighted by molar-refractivity contribution is -0.297. The van der Waals surface area contributed by atoms with Gasteiger partial charge in [-0.3, -0.25) is 0 Å². The summed E-state index contributed by atoms with van der Waals surface area (Å²) in [5, 5.41) is 10.2. The van der Waals surface area contributed by atoms with Gasteiger partial charge in [-0.15, -0.1) is 0 Å². The highest BCUT2D eigenvalue weighted by Crippen LogP contribution is 2.38.